The minimum absolute atomic E-state index is 0.0308. The van der Waals surface area contributed by atoms with Crippen molar-refractivity contribution in [2.45, 2.75) is 64.1 Å². The summed E-state index contributed by atoms with van der Waals surface area (Å²) < 4.78 is 31.5. The molecule has 2 aromatic carbocycles. The number of hydrogen-bond donors (Lipinski definition) is 2. The highest BCUT2D eigenvalue weighted by molar-refractivity contribution is 5.92. The SMILES string of the molecule is CCC(=O)CCCCC[C@H](NC(=O)Cc1cccc2ncccc12)C1=NC=C(c2ccccc2)[NH2+]1.O=C([O-])C(F)(F)F. The summed E-state index contributed by atoms with van der Waals surface area (Å²) >= 11 is 0. The number of quaternary nitrogens is 1. The van der Waals surface area contributed by atoms with Crippen molar-refractivity contribution in [3.05, 3.63) is 84.2 Å². The number of carboxylic acids is 1. The molecule has 0 saturated carbocycles. The molecule has 1 atom stereocenters. The molecule has 4 rings (SSSR count). The Labute approximate surface area is 241 Å². The van der Waals surface area contributed by atoms with Gasteiger partial charge in [0.05, 0.1) is 18.1 Å². The predicted octanol–water partition coefficient (Wildman–Crippen LogP) is 3.46. The zero-order valence-corrected chi connectivity index (χ0v) is 23.2. The molecule has 0 bridgehead atoms. The summed E-state index contributed by atoms with van der Waals surface area (Å²) in [6, 6.07) is 19.8. The zero-order valence-electron chi connectivity index (χ0n) is 23.2. The molecule has 3 N–H and O–H groups in total. The van der Waals surface area contributed by atoms with E-state index < -0.39 is 12.1 Å². The lowest BCUT2D eigenvalue weighted by Gasteiger charge is -2.17. The topological polar surface area (TPSA) is 128 Å². The largest absolute Gasteiger partial charge is 0.542 e. The number of rotatable bonds is 12. The summed E-state index contributed by atoms with van der Waals surface area (Å²) in [7, 11) is 0. The number of amidine groups is 1. The Bertz CT molecular complexity index is 1430. The molecule has 1 amide bonds. The molecule has 0 fully saturated rings. The van der Waals surface area contributed by atoms with Crippen LogP contribution in [0.15, 0.2) is 78.1 Å². The van der Waals surface area contributed by atoms with Crippen LogP contribution in [-0.2, 0) is 20.8 Å². The van der Waals surface area contributed by atoms with Crippen molar-refractivity contribution in [3.63, 3.8) is 0 Å². The Kier molecular flexibility index (Phi) is 11.9. The third kappa shape index (κ3) is 9.91. The van der Waals surface area contributed by atoms with E-state index in [1.54, 1.807) is 6.20 Å². The molecule has 0 unspecified atom stereocenters. The maximum Gasteiger partial charge on any atom is 0.430 e. The lowest BCUT2D eigenvalue weighted by Crippen LogP contribution is -2.87. The molecular formula is C31H33F3N4O4. The second-order valence-corrected chi connectivity index (χ2v) is 9.71. The number of aliphatic carboxylic acids is 1. The number of carbonyl (C=O) groups is 3. The van der Waals surface area contributed by atoms with Crippen molar-refractivity contribution in [3.8, 4) is 0 Å². The Balaban J connectivity index is 0.000000616. The number of nitrogens with two attached hydrogens (primary N) is 1. The van der Waals surface area contributed by atoms with Crippen LogP contribution in [0.3, 0.4) is 0 Å². The number of carboxylic acid groups (broad SMARTS) is 1. The number of aromatic nitrogens is 1. The third-order valence-electron chi connectivity index (χ3n) is 6.62. The van der Waals surface area contributed by atoms with Crippen molar-refractivity contribution in [2.24, 2.45) is 4.99 Å². The van der Waals surface area contributed by atoms with Gasteiger partial charge in [-0.1, -0.05) is 56.2 Å². The standard InChI is InChI=1S/C29H32N4O2.C2HF3O2/c1-2-23(34)14-7-4-8-16-26(29-31-20-27(33-29)21-11-5-3-6-12-21)32-28(35)19-22-13-9-17-25-24(22)15-10-18-30-25;3-2(4,5)1(6)7/h3,5-6,9-13,15,17-18,20,26H,2,4,7-8,14,16,19H2,1H3,(H,31,33)(H,32,35);(H,6,7)/t26-;/m0./s1. The van der Waals surface area contributed by atoms with Gasteiger partial charge in [-0.3, -0.25) is 19.9 Å². The van der Waals surface area contributed by atoms with Crippen LogP contribution in [0, 0.1) is 0 Å². The van der Waals surface area contributed by atoms with E-state index in [4.69, 9.17) is 9.90 Å². The molecule has 1 aliphatic rings. The van der Waals surface area contributed by atoms with E-state index in [9.17, 15) is 22.8 Å². The predicted molar refractivity (Wildman–Crippen MR) is 151 cm³/mol. The summed E-state index contributed by atoms with van der Waals surface area (Å²) in [5.74, 6) is -1.85. The van der Waals surface area contributed by atoms with Crippen molar-refractivity contribution < 1.29 is 38.0 Å². The molecule has 222 valence electrons. The number of Topliss-reactive ketones (excluding diaryl/α,β-unsaturated/α-hetero) is 1. The van der Waals surface area contributed by atoms with E-state index in [0.29, 0.717) is 18.6 Å². The minimum Gasteiger partial charge on any atom is -0.542 e. The summed E-state index contributed by atoms with van der Waals surface area (Å²) in [5.41, 5.74) is 4.01. The highest BCUT2D eigenvalue weighted by atomic mass is 19.4. The number of nitrogens with zero attached hydrogens (tertiary/aromatic N) is 2. The molecular weight excluding hydrogens is 549 g/mol. The number of benzene rings is 2. The van der Waals surface area contributed by atoms with Gasteiger partial charge in [0.15, 0.2) is 5.70 Å². The van der Waals surface area contributed by atoms with Crippen molar-refractivity contribution in [1.82, 2.24) is 10.3 Å². The number of amides is 1. The second kappa shape index (κ2) is 15.6. The number of fused-ring (bicyclic) bond motifs is 1. The Morgan fingerprint density at radius 2 is 1.71 bits per heavy atom. The van der Waals surface area contributed by atoms with Crippen LogP contribution in [0.25, 0.3) is 16.6 Å². The fourth-order valence-electron chi connectivity index (χ4n) is 4.41. The van der Waals surface area contributed by atoms with Gasteiger partial charge in [0, 0.05) is 30.0 Å². The number of pyridine rings is 1. The van der Waals surface area contributed by atoms with Gasteiger partial charge in [-0.25, -0.2) is 4.99 Å². The molecule has 1 aromatic heterocycles. The van der Waals surface area contributed by atoms with Crippen LogP contribution in [0.4, 0.5) is 13.2 Å². The molecule has 0 spiro atoms. The number of unbranched alkanes of at least 4 members (excludes halogenated alkanes) is 2. The van der Waals surface area contributed by atoms with Crippen molar-refractivity contribution in [2.75, 3.05) is 0 Å². The third-order valence-corrected chi connectivity index (χ3v) is 6.62. The molecule has 11 heteroatoms. The fourth-order valence-corrected chi connectivity index (χ4v) is 4.41. The first kappa shape index (κ1) is 32.1. The molecule has 0 saturated heterocycles. The van der Waals surface area contributed by atoms with Gasteiger partial charge in [-0.05, 0) is 42.7 Å². The minimum atomic E-state index is -5.19. The smallest absolute Gasteiger partial charge is 0.430 e. The van der Waals surface area contributed by atoms with Crippen LogP contribution in [-0.4, -0.2) is 40.7 Å². The van der Waals surface area contributed by atoms with Gasteiger partial charge >= 0.3 is 6.18 Å². The normalized spacial score (nSPS) is 13.4. The molecule has 42 heavy (non-hydrogen) atoms. The van der Waals surface area contributed by atoms with E-state index in [-0.39, 0.29) is 18.4 Å². The number of alkyl halides is 3. The van der Waals surface area contributed by atoms with Gasteiger partial charge in [0.2, 0.25) is 11.7 Å². The van der Waals surface area contributed by atoms with E-state index in [2.05, 4.69) is 32.7 Å². The Hall–Kier alpha value is -4.38. The maximum absolute atomic E-state index is 13.1. The average molecular weight is 583 g/mol. The van der Waals surface area contributed by atoms with E-state index in [1.165, 1.54) is 0 Å². The number of halogens is 3. The molecule has 2 heterocycles. The van der Waals surface area contributed by atoms with Gasteiger partial charge < -0.3 is 15.2 Å². The first-order valence-electron chi connectivity index (χ1n) is 13.7. The lowest BCUT2D eigenvalue weighted by atomic mass is 10.0. The number of ketones is 1. The first-order chi connectivity index (χ1) is 20.1. The van der Waals surface area contributed by atoms with Gasteiger partial charge in [0.1, 0.15) is 17.8 Å². The van der Waals surface area contributed by atoms with Crippen LogP contribution >= 0.6 is 0 Å². The van der Waals surface area contributed by atoms with Crippen molar-refractivity contribution in [1.29, 1.82) is 0 Å². The molecule has 0 aliphatic carbocycles. The molecule has 3 aromatic rings. The van der Waals surface area contributed by atoms with E-state index in [0.717, 1.165) is 59.2 Å². The molecule has 0 radical (unpaired) electrons. The van der Waals surface area contributed by atoms with Crippen LogP contribution < -0.4 is 15.7 Å². The lowest BCUT2D eigenvalue weighted by molar-refractivity contribution is -0.434. The average Bonchev–Trinajstić information content (AvgIpc) is 3.47. The van der Waals surface area contributed by atoms with Crippen molar-refractivity contribution >= 4 is 40.1 Å². The van der Waals surface area contributed by atoms with E-state index in [1.807, 2.05) is 61.7 Å². The number of nitrogens with one attached hydrogen (secondary N) is 1. The molecule has 1 aliphatic heterocycles. The van der Waals surface area contributed by atoms with Crippen LogP contribution in [0.2, 0.25) is 0 Å². The quantitative estimate of drug-likeness (QED) is 0.316. The Morgan fingerprint density at radius 1 is 0.976 bits per heavy atom. The number of aliphatic imine (C=N–C) groups is 1. The van der Waals surface area contributed by atoms with Gasteiger partial charge in [-0.15, -0.1) is 0 Å². The van der Waals surface area contributed by atoms with Crippen LogP contribution in [0.1, 0.15) is 56.6 Å². The summed E-state index contributed by atoms with van der Waals surface area (Å²) in [6.07, 6.45) is 3.53. The fraction of sp³-hybridized carbons (Fsp3) is 0.323. The first-order valence-corrected chi connectivity index (χ1v) is 13.7. The maximum atomic E-state index is 13.1. The summed E-state index contributed by atoms with van der Waals surface area (Å²) in [5, 5.41) is 15.1. The summed E-state index contributed by atoms with van der Waals surface area (Å²) in [6.45, 7) is 1.91. The van der Waals surface area contributed by atoms with E-state index >= 15 is 0 Å². The number of hydrogen-bond acceptors (Lipinski definition) is 6. The highest BCUT2D eigenvalue weighted by Crippen LogP contribution is 2.18. The zero-order chi connectivity index (χ0) is 30.5. The molecule has 8 nitrogen and oxygen atoms in total. The number of carbonyl (C=O) groups excluding carboxylic acids is 3. The second-order valence-electron chi connectivity index (χ2n) is 9.71. The van der Waals surface area contributed by atoms with Gasteiger partial charge in [-0.2, -0.15) is 13.2 Å². The van der Waals surface area contributed by atoms with Crippen LogP contribution in [0.5, 0.6) is 0 Å². The monoisotopic (exact) mass is 582 g/mol. The highest BCUT2D eigenvalue weighted by Gasteiger charge is 2.29. The Morgan fingerprint density at radius 3 is 2.40 bits per heavy atom. The van der Waals surface area contributed by atoms with Gasteiger partial charge in [0.25, 0.3) is 0 Å². The summed E-state index contributed by atoms with van der Waals surface area (Å²) in [4.78, 5) is 42.6.